The van der Waals surface area contributed by atoms with Crippen LogP contribution in [-0.4, -0.2) is 45.6 Å². The number of fused-ring (bicyclic) bond motifs is 1. The van der Waals surface area contributed by atoms with Gasteiger partial charge in [-0.1, -0.05) is 17.7 Å². The summed E-state index contributed by atoms with van der Waals surface area (Å²) in [7, 11) is -2.07. The molecule has 0 unspecified atom stereocenters. The SMILES string of the molecule is COc1cc2c(cc1NC(=O)C1CCN(S(=O)(=O)c3ccc(C)cc3C)CC1)OCO2. The number of carbonyl (C=O) groups is 1. The molecule has 1 N–H and O–H groups in total. The topological polar surface area (TPSA) is 94.2 Å². The van der Waals surface area contributed by atoms with Gasteiger partial charge in [0.05, 0.1) is 17.7 Å². The van der Waals surface area contributed by atoms with Crippen LogP contribution in [0.5, 0.6) is 17.2 Å². The summed E-state index contributed by atoms with van der Waals surface area (Å²) >= 11 is 0. The Labute approximate surface area is 182 Å². The number of nitrogens with zero attached hydrogens (tertiary/aromatic N) is 1. The fourth-order valence-corrected chi connectivity index (χ4v) is 5.69. The minimum absolute atomic E-state index is 0.128. The van der Waals surface area contributed by atoms with Gasteiger partial charge in [0.2, 0.25) is 22.7 Å². The lowest BCUT2D eigenvalue weighted by atomic mass is 9.97. The second-order valence-corrected chi connectivity index (χ2v) is 9.75. The highest BCUT2D eigenvalue weighted by atomic mass is 32.2. The summed E-state index contributed by atoms with van der Waals surface area (Å²) in [6.45, 7) is 4.46. The maximum atomic E-state index is 13.1. The molecule has 2 aromatic rings. The second-order valence-electron chi connectivity index (χ2n) is 7.84. The molecule has 0 saturated carbocycles. The summed E-state index contributed by atoms with van der Waals surface area (Å²) in [6.07, 6.45) is 0.895. The number of carbonyl (C=O) groups excluding carboxylic acids is 1. The fraction of sp³-hybridized carbons (Fsp3) is 0.409. The van der Waals surface area contributed by atoms with Gasteiger partial charge in [-0.15, -0.1) is 0 Å². The molecule has 1 saturated heterocycles. The van der Waals surface area contributed by atoms with Crippen LogP contribution >= 0.6 is 0 Å². The van der Waals surface area contributed by atoms with Gasteiger partial charge in [0, 0.05) is 31.1 Å². The number of hydrogen-bond acceptors (Lipinski definition) is 6. The lowest BCUT2D eigenvalue weighted by molar-refractivity contribution is -0.120. The third kappa shape index (κ3) is 4.20. The second kappa shape index (κ2) is 8.39. The Morgan fingerprint density at radius 2 is 1.77 bits per heavy atom. The van der Waals surface area contributed by atoms with Gasteiger partial charge in [-0.3, -0.25) is 4.79 Å². The van der Waals surface area contributed by atoms with E-state index in [-0.39, 0.29) is 18.6 Å². The summed E-state index contributed by atoms with van der Waals surface area (Å²) in [4.78, 5) is 13.2. The molecule has 2 heterocycles. The van der Waals surface area contributed by atoms with E-state index in [4.69, 9.17) is 14.2 Å². The van der Waals surface area contributed by atoms with Crippen LogP contribution in [0.2, 0.25) is 0 Å². The molecule has 0 aliphatic carbocycles. The van der Waals surface area contributed by atoms with Crippen molar-refractivity contribution >= 4 is 21.6 Å². The Bertz CT molecular complexity index is 1110. The van der Waals surface area contributed by atoms with Crippen molar-refractivity contribution < 1.29 is 27.4 Å². The molecule has 0 spiro atoms. The van der Waals surface area contributed by atoms with Crippen LogP contribution in [0.25, 0.3) is 0 Å². The van der Waals surface area contributed by atoms with E-state index in [0.717, 1.165) is 11.1 Å². The molecule has 0 radical (unpaired) electrons. The molecular formula is C22H26N2O6S. The zero-order chi connectivity index (χ0) is 22.2. The number of piperidine rings is 1. The first kappa shape index (κ1) is 21.5. The molecule has 0 bridgehead atoms. The first-order valence-corrected chi connectivity index (χ1v) is 11.6. The summed E-state index contributed by atoms with van der Waals surface area (Å²) in [5.74, 6) is 1.14. The molecule has 1 fully saturated rings. The highest BCUT2D eigenvalue weighted by Crippen LogP contribution is 2.41. The molecule has 1 amide bonds. The number of benzene rings is 2. The van der Waals surface area contributed by atoms with E-state index in [1.807, 2.05) is 13.0 Å². The standard InChI is InChI=1S/C22H26N2O6S/c1-14-4-5-21(15(2)10-14)31(26,27)24-8-6-16(7-9-24)22(25)23-17-11-19-20(30-13-29-19)12-18(17)28-3/h4-5,10-12,16H,6-9,13H2,1-3H3,(H,23,25). The summed E-state index contributed by atoms with van der Waals surface area (Å²) in [6, 6.07) is 8.69. The van der Waals surface area contributed by atoms with Crippen molar-refractivity contribution in [3.8, 4) is 17.2 Å². The molecule has 2 aliphatic heterocycles. The van der Waals surface area contributed by atoms with Gasteiger partial charge < -0.3 is 19.5 Å². The van der Waals surface area contributed by atoms with Crippen LogP contribution in [0.4, 0.5) is 5.69 Å². The van der Waals surface area contributed by atoms with Crippen LogP contribution in [-0.2, 0) is 14.8 Å². The van der Waals surface area contributed by atoms with Crippen LogP contribution in [0.1, 0.15) is 24.0 Å². The molecule has 2 aromatic carbocycles. The van der Waals surface area contributed by atoms with E-state index in [1.165, 1.54) is 11.4 Å². The molecule has 8 nitrogen and oxygen atoms in total. The number of amides is 1. The Morgan fingerprint density at radius 1 is 1.10 bits per heavy atom. The van der Waals surface area contributed by atoms with Gasteiger partial charge in [0.25, 0.3) is 0 Å². The van der Waals surface area contributed by atoms with Crippen LogP contribution in [0.15, 0.2) is 35.2 Å². The molecule has 9 heteroatoms. The van der Waals surface area contributed by atoms with Crippen molar-refractivity contribution in [2.24, 2.45) is 5.92 Å². The highest BCUT2D eigenvalue weighted by molar-refractivity contribution is 7.89. The van der Waals surface area contributed by atoms with Crippen molar-refractivity contribution in [2.45, 2.75) is 31.6 Å². The minimum Gasteiger partial charge on any atom is -0.494 e. The number of ether oxygens (including phenoxy) is 3. The Morgan fingerprint density at radius 3 is 2.42 bits per heavy atom. The zero-order valence-electron chi connectivity index (χ0n) is 17.8. The number of aryl methyl sites for hydroxylation is 2. The van der Waals surface area contributed by atoms with Gasteiger partial charge in [0.15, 0.2) is 11.5 Å². The molecule has 4 rings (SSSR count). The maximum absolute atomic E-state index is 13.1. The van der Waals surface area contributed by atoms with Crippen LogP contribution in [0.3, 0.4) is 0 Å². The van der Waals surface area contributed by atoms with Gasteiger partial charge in [-0.2, -0.15) is 4.31 Å². The monoisotopic (exact) mass is 446 g/mol. The molecule has 0 atom stereocenters. The normalized spacial score (nSPS) is 16.9. The highest BCUT2D eigenvalue weighted by Gasteiger charge is 2.33. The number of sulfonamides is 1. The zero-order valence-corrected chi connectivity index (χ0v) is 18.6. The van der Waals surface area contributed by atoms with Crippen LogP contribution in [0, 0.1) is 19.8 Å². The quantitative estimate of drug-likeness (QED) is 0.759. The number of rotatable bonds is 5. The summed E-state index contributed by atoms with van der Waals surface area (Å²) in [5.41, 5.74) is 2.25. The van der Waals surface area contributed by atoms with Gasteiger partial charge in [-0.25, -0.2) is 8.42 Å². The number of nitrogens with one attached hydrogen (secondary N) is 1. The van der Waals surface area contributed by atoms with E-state index < -0.39 is 10.0 Å². The van der Waals surface area contributed by atoms with Gasteiger partial charge in [0.1, 0.15) is 5.75 Å². The maximum Gasteiger partial charge on any atom is 0.243 e. The lowest BCUT2D eigenvalue weighted by Crippen LogP contribution is -2.41. The van der Waals surface area contributed by atoms with E-state index in [9.17, 15) is 13.2 Å². The van der Waals surface area contributed by atoms with Crippen LogP contribution < -0.4 is 19.5 Å². The Balaban J connectivity index is 1.43. The van der Waals surface area contributed by atoms with E-state index in [1.54, 1.807) is 31.2 Å². The molecular weight excluding hydrogens is 420 g/mol. The van der Waals surface area contributed by atoms with E-state index >= 15 is 0 Å². The van der Waals surface area contributed by atoms with Gasteiger partial charge >= 0.3 is 0 Å². The van der Waals surface area contributed by atoms with Crippen molar-refractivity contribution in [1.29, 1.82) is 0 Å². The molecule has 0 aromatic heterocycles. The molecule has 31 heavy (non-hydrogen) atoms. The number of anilines is 1. The molecule has 2 aliphatic rings. The third-order valence-electron chi connectivity index (χ3n) is 5.73. The summed E-state index contributed by atoms with van der Waals surface area (Å²) < 4.78 is 43.7. The predicted molar refractivity (Wildman–Crippen MR) is 115 cm³/mol. The number of hydrogen-bond donors (Lipinski definition) is 1. The summed E-state index contributed by atoms with van der Waals surface area (Å²) in [5, 5.41) is 2.89. The first-order chi connectivity index (χ1) is 14.8. The van der Waals surface area contributed by atoms with Gasteiger partial charge in [-0.05, 0) is 38.3 Å². The van der Waals surface area contributed by atoms with E-state index in [0.29, 0.717) is 53.8 Å². The number of methoxy groups -OCH3 is 1. The Kier molecular flexibility index (Phi) is 5.81. The van der Waals surface area contributed by atoms with Crippen molar-refractivity contribution in [3.63, 3.8) is 0 Å². The smallest absolute Gasteiger partial charge is 0.243 e. The minimum atomic E-state index is -3.58. The average Bonchev–Trinajstić information content (AvgIpc) is 3.20. The lowest BCUT2D eigenvalue weighted by Gasteiger charge is -2.31. The van der Waals surface area contributed by atoms with E-state index in [2.05, 4.69) is 5.32 Å². The fourth-order valence-electron chi connectivity index (χ4n) is 4.01. The Hall–Kier alpha value is -2.78. The average molecular weight is 447 g/mol. The first-order valence-electron chi connectivity index (χ1n) is 10.2. The largest absolute Gasteiger partial charge is 0.494 e. The predicted octanol–water partition coefficient (Wildman–Crippen LogP) is 3.08. The molecule has 166 valence electrons. The van der Waals surface area contributed by atoms with Crippen molar-refractivity contribution in [2.75, 3.05) is 32.3 Å². The van der Waals surface area contributed by atoms with Crippen molar-refractivity contribution in [1.82, 2.24) is 4.31 Å². The van der Waals surface area contributed by atoms with Crippen molar-refractivity contribution in [3.05, 3.63) is 41.5 Å². The third-order valence-corrected chi connectivity index (χ3v) is 7.78.